The lowest BCUT2D eigenvalue weighted by Crippen LogP contribution is -2.29. The van der Waals surface area contributed by atoms with E-state index in [1.54, 1.807) is 49.6 Å². The van der Waals surface area contributed by atoms with Gasteiger partial charge in [0.1, 0.15) is 17.3 Å². The van der Waals surface area contributed by atoms with Crippen LogP contribution in [0.25, 0.3) is 5.76 Å². The first-order chi connectivity index (χ1) is 16.4. The smallest absolute Gasteiger partial charge is 0.300 e. The molecule has 1 N–H and O–H groups in total. The molecule has 4 rings (SSSR count). The number of ketones is 1. The fourth-order valence-corrected chi connectivity index (χ4v) is 4.33. The molecule has 6 nitrogen and oxygen atoms in total. The molecular weight excluding hydrogens is 430 g/mol. The molecule has 1 heterocycles. The van der Waals surface area contributed by atoms with Crippen LogP contribution in [0.4, 0.5) is 5.69 Å². The summed E-state index contributed by atoms with van der Waals surface area (Å²) >= 11 is 0. The molecule has 6 heteroatoms. The molecule has 1 aliphatic heterocycles. The van der Waals surface area contributed by atoms with E-state index in [1.165, 1.54) is 4.90 Å². The van der Waals surface area contributed by atoms with E-state index in [0.717, 1.165) is 16.7 Å². The largest absolute Gasteiger partial charge is 0.507 e. The number of Topliss-reactive ketones (excluding diaryl/α,β-unsaturated/α-hetero) is 1. The average Bonchev–Trinajstić information content (AvgIpc) is 3.10. The Hall–Kier alpha value is -4.06. The summed E-state index contributed by atoms with van der Waals surface area (Å²) in [5.74, 6) is -0.316. The van der Waals surface area contributed by atoms with Crippen molar-refractivity contribution >= 4 is 23.1 Å². The molecule has 0 spiro atoms. The SMILES string of the molecule is CCOc1ccc(N2C(=O)C(=O)/C(=C(/O)c3ccc(OC)cc3C)C2c2ccccc2C)cc1. The van der Waals surface area contributed by atoms with Crippen molar-refractivity contribution in [2.24, 2.45) is 0 Å². The van der Waals surface area contributed by atoms with Gasteiger partial charge in [0.2, 0.25) is 0 Å². The van der Waals surface area contributed by atoms with Gasteiger partial charge in [-0.3, -0.25) is 14.5 Å². The van der Waals surface area contributed by atoms with E-state index in [4.69, 9.17) is 9.47 Å². The molecule has 0 bridgehead atoms. The van der Waals surface area contributed by atoms with Gasteiger partial charge in [0.25, 0.3) is 11.7 Å². The quantitative estimate of drug-likeness (QED) is 0.307. The lowest BCUT2D eigenvalue weighted by atomic mass is 9.91. The molecule has 174 valence electrons. The predicted molar refractivity (Wildman–Crippen MR) is 131 cm³/mol. The minimum Gasteiger partial charge on any atom is -0.507 e. The first kappa shape index (κ1) is 23.1. The average molecular weight is 458 g/mol. The third-order valence-electron chi connectivity index (χ3n) is 6.04. The van der Waals surface area contributed by atoms with Crippen molar-refractivity contribution in [2.75, 3.05) is 18.6 Å². The molecule has 34 heavy (non-hydrogen) atoms. The molecule has 1 fully saturated rings. The maximum Gasteiger partial charge on any atom is 0.300 e. The summed E-state index contributed by atoms with van der Waals surface area (Å²) in [6, 6.07) is 19.0. The molecule has 0 saturated carbocycles. The maximum absolute atomic E-state index is 13.3. The van der Waals surface area contributed by atoms with Crippen LogP contribution in [0.3, 0.4) is 0 Å². The molecular formula is C28H27NO5. The molecule has 0 aliphatic carbocycles. The third kappa shape index (κ3) is 4.03. The van der Waals surface area contributed by atoms with Crippen molar-refractivity contribution in [3.63, 3.8) is 0 Å². The predicted octanol–water partition coefficient (Wildman–Crippen LogP) is 5.34. The monoisotopic (exact) mass is 457 g/mol. The van der Waals surface area contributed by atoms with Crippen molar-refractivity contribution < 1.29 is 24.2 Å². The van der Waals surface area contributed by atoms with Crippen molar-refractivity contribution in [1.82, 2.24) is 0 Å². The number of aliphatic hydroxyl groups is 1. The standard InChI is InChI=1S/C28H27NO5/c1-5-34-20-12-10-19(11-13-20)29-25(22-9-7-6-8-17(22)2)24(27(31)28(29)32)26(30)23-15-14-21(33-4)16-18(23)3/h6-16,25,30H,5H2,1-4H3/b26-24+. The number of anilines is 1. The normalized spacial score (nSPS) is 17.2. The van der Waals surface area contributed by atoms with Crippen LogP contribution in [-0.4, -0.2) is 30.5 Å². The van der Waals surface area contributed by atoms with Gasteiger partial charge < -0.3 is 14.6 Å². The fraction of sp³-hybridized carbons (Fsp3) is 0.214. The second kappa shape index (κ2) is 9.43. The lowest BCUT2D eigenvalue weighted by molar-refractivity contribution is -0.132. The summed E-state index contributed by atoms with van der Waals surface area (Å²) < 4.78 is 10.8. The fourth-order valence-electron chi connectivity index (χ4n) is 4.33. The Bertz CT molecular complexity index is 1280. The van der Waals surface area contributed by atoms with E-state index in [0.29, 0.717) is 29.4 Å². The highest BCUT2D eigenvalue weighted by atomic mass is 16.5. The van der Waals surface area contributed by atoms with Gasteiger partial charge in [-0.05, 0) is 79.9 Å². The van der Waals surface area contributed by atoms with Crippen LogP contribution in [0.1, 0.15) is 35.2 Å². The number of aliphatic hydroxyl groups excluding tert-OH is 1. The number of hydrogen-bond acceptors (Lipinski definition) is 5. The number of carbonyl (C=O) groups excluding carboxylic acids is 2. The number of amides is 1. The number of nitrogens with zero attached hydrogens (tertiary/aromatic N) is 1. The molecule has 1 amide bonds. The minimum atomic E-state index is -0.777. The van der Waals surface area contributed by atoms with Crippen molar-refractivity contribution in [3.8, 4) is 11.5 Å². The zero-order chi connectivity index (χ0) is 24.4. The highest BCUT2D eigenvalue weighted by Gasteiger charge is 2.47. The Morgan fingerprint density at radius 1 is 0.941 bits per heavy atom. The maximum atomic E-state index is 13.3. The lowest BCUT2D eigenvalue weighted by Gasteiger charge is -2.27. The molecule has 1 aliphatic rings. The Labute approximate surface area is 199 Å². The Morgan fingerprint density at radius 3 is 2.24 bits per heavy atom. The number of hydrogen-bond donors (Lipinski definition) is 1. The summed E-state index contributed by atoms with van der Waals surface area (Å²) in [6.07, 6.45) is 0. The molecule has 1 atom stereocenters. The van der Waals surface area contributed by atoms with Gasteiger partial charge in [-0.2, -0.15) is 0 Å². The van der Waals surface area contributed by atoms with Crippen LogP contribution >= 0.6 is 0 Å². The summed E-state index contributed by atoms with van der Waals surface area (Å²) in [5, 5.41) is 11.4. The van der Waals surface area contributed by atoms with Gasteiger partial charge in [-0.15, -0.1) is 0 Å². The number of benzene rings is 3. The van der Waals surface area contributed by atoms with E-state index >= 15 is 0 Å². The zero-order valence-corrected chi connectivity index (χ0v) is 19.7. The highest BCUT2D eigenvalue weighted by molar-refractivity contribution is 6.51. The van der Waals surface area contributed by atoms with Crippen LogP contribution in [0, 0.1) is 13.8 Å². The topological polar surface area (TPSA) is 76.1 Å². The molecule has 3 aromatic rings. The van der Waals surface area contributed by atoms with E-state index < -0.39 is 17.7 Å². The minimum absolute atomic E-state index is 0.0569. The van der Waals surface area contributed by atoms with Crippen LogP contribution in [-0.2, 0) is 9.59 Å². The molecule has 3 aromatic carbocycles. The number of ether oxygens (including phenoxy) is 2. The number of carbonyl (C=O) groups is 2. The molecule has 0 aromatic heterocycles. The van der Waals surface area contributed by atoms with Gasteiger partial charge in [0.05, 0.1) is 25.3 Å². The van der Waals surface area contributed by atoms with Gasteiger partial charge in [-0.1, -0.05) is 24.3 Å². The van der Waals surface area contributed by atoms with Gasteiger partial charge in [-0.25, -0.2) is 0 Å². The van der Waals surface area contributed by atoms with Gasteiger partial charge >= 0.3 is 0 Å². The van der Waals surface area contributed by atoms with E-state index in [2.05, 4.69) is 0 Å². The van der Waals surface area contributed by atoms with Crippen molar-refractivity contribution in [3.05, 3.63) is 94.6 Å². The van der Waals surface area contributed by atoms with E-state index in [1.807, 2.05) is 45.0 Å². The summed E-state index contributed by atoms with van der Waals surface area (Å²) in [7, 11) is 1.56. The Kier molecular flexibility index (Phi) is 6.41. The van der Waals surface area contributed by atoms with Gasteiger partial charge in [0, 0.05) is 11.3 Å². The van der Waals surface area contributed by atoms with E-state index in [9.17, 15) is 14.7 Å². The Balaban J connectivity index is 1.92. The summed E-state index contributed by atoms with van der Waals surface area (Å²) in [5.41, 5.74) is 3.48. The van der Waals surface area contributed by atoms with Crippen molar-refractivity contribution in [2.45, 2.75) is 26.8 Å². The Morgan fingerprint density at radius 2 is 1.62 bits per heavy atom. The number of rotatable bonds is 6. The number of aryl methyl sites for hydroxylation is 2. The van der Waals surface area contributed by atoms with Crippen LogP contribution in [0.15, 0.2) is 72.3 Å². The molecule has 1 unspecified atom stereocenters. The van der Waals surface area contributed by atoms with Crippen LogP contribution < -0.4 is 14.4 Å². The first-order valence-electron chi connectivity index (χ1n) is 11.1. The molecule has 0 radical (unpaired) electrons. The molecule has 1 saturated heterocycles. The number of methoxy groups -OCH3 is 1. The second-order valence-electron chi connectivity index (χ2n) is 8.13. The third-order valence-corrected chi connectivity index (χ3v) is 6.04. The van der Waals surface area contributed by atoms with E-state index in [-0.39, 0.29) is 11.3 Å². The second-order valence-corrected chi connectivity index (χ2v) is 8.13. The van der Waals surface area contributed by atoms with Crippen molar-refractivity contribution in [1.29, 1.82) is 0 Å². The van der Waals surface area contributed by atoms with Gasteiger partial charge in [0.15, 0.2) is 0 Å². The zero-order valence-electron chi connectivity index (χ0n) is 19.7. The summed E-state index contributed by atoms with van der Waals surface area (Å²) in [6.45, 7) is 6.16. The van der Waals surface area contributed by atoms with Crippen LogP contribution in [0.2, 0.25) is 0 Å². The first-order valence-corrected chi connectivity index (χ1v) is 11.1. The highest BCUT2D eigenvalue weighted by Crippen LogP contribution is 2.43. The summed E-state index contributed by atoms with van der Waals surface area (Å²) in [4.78, 5) is 28.1. The van der Waals surface area contributed by atoms with Crippen LogP contribution in [0.5, 0.6) is 11.5 Å².